The molecule has 0 aromatic heterocycles. The fourth-order valence-corrected chi connectivity index (χ4v) is 3.80. The van der Waals surface area contributed by atoms with E-state index in [9.17, 15) is 4.39 Å². The monoisotopic (exact) mass is 276 g/mol. The Kier molecular flexibility index (Phi) is 3.49. The zero-order valence-corrected chi connectivity index (χ0v) is 12.8. The van der Waals surface area contributed by atoms with Crippen LogP contribution in [-0.4, -0.2) is 38.1 Å². The molecule has 0 amide bonds. The lowest BCUT2D eigenvalue weighted by molar-refractivity contribution is 0.00482. The fourth-order valence-electron chi connectivity index (χ4n) is 3.80. The van der Waals surface area contributed by atoms with Crippen LogP contribution in [0.25, 0.3) is 0 Å². The van der Waals surface area contributed by atoms with Crippen LogP contribution in [0.3, 0.4) is 0 Å². The minimum absolute atomic E-state index is 0.0688. The molecule has 1 saturated heterocycles. The summed E-state index contributed by atoms with van der Waals surface area (Å²) in [5.41, 5.74) is 2.33. The molecule has 1 saturated carbocycles. The van der Waals surface area contributed by atoms with Crippen molar-refractivity contribution >= 4 is 5.69 Å². The first-order chi connectivity index (χ1) is 9.49. The Hall–Kier alpha value is -1.09. The van der Waals surface area contributed by atoms with Crippen molar-refractivity contribution in [3.05, 3.63) is 29.6 Å². The van der Waals surface area contributed by atoms with Crippen LogP contribution in [0.2, 0.25) is 0 Å². The van der Waals surface area contributed by atoms with Gasteiger partial charge < -0.3 is 9.80 Å². The van der Waals surface area contributed by atoms with Crippen molar-refractivity contribution in [3.63, 3.8) is 0 Å². The van der Waals surface area contributed by atoms with Crippen molar-refractivity contribution in [1.82, 2.24) is 4.90 Å². The maximum absolute atomic E-state index is 14.0. The van der Waals surface area contributed by atoms with Crippen molar-refractivity contribution < 1.29 is 4.39 Å². The predicted molar refractivity (Wildman–Crippen MR) is 81.7 cm³/mol. The lowest BCUT2D eigenvalue weighted by Crippen LogP contribution is -2.53. The van der Waals surface area contributed by atoms with Crippen LogP contribution in [0.5, 0.6) is 0 Å². The van der Waals surface area contributed by atoms with Gasteiger partial charge in [0.2, 0.25) is 0 Å². The van der Waals surface area contributed by atoms with Crippen molar-refractivity contribution in [2.45, 2.75) is 38.6 Å². The van der Waals surface area contributed by atoms with Crippen molar-refractivity contribution in [3.8, 4) is 0 Å². The second-order valence-corrected chi connectivity index (χ2v) is 6.97. The van der Waals surface area contributed by atoms with Crippen LogP contribution in [0.4, 0.5) is 10.1 Å². The third-order valence-electron chi connectivity index (χ3n) is 5.34. The van der Waals surface area contributed by atoms with Crippen LogP contribution in [0, 0.1) is 18.2 Å². The van der Waals surface area contributed by atoms with Crippen LogP contribution >= 0.6 is 0 Å². The summed E-state index contributed by atoms with van der Waals surface area (Å²) in [6.45, 7) is 3.94. The minimum Gasteiger partial charge on any atom is -0.369 e. The molecular weight excluding hydrogens is 251 g/mol. The number of hydrogen-bond donors (Lipinski definition) is 0. The second-order valence-electron chi connectivity index (χ2n) is 6.97. The van der Waals surface area contributed by atoms with Gasteiger partial charge in [0.25, 0.3) is 0 Å². The Morgan fingerprint density at radius 3 is 2.40 bits per heavy atom. The molecule has 1 heterocycles. The quantitative estimate of drug-likeness (QED) is 0.816. The smallest absolute Gasteiger partial charge is 0.146 e. The van der Waals surface area contributed by atoms with Crippen LogP contribution in [-0.2, 0) is 0 Å². The number of hydrogen-bond acceptors (Lipinski definition) is 2. The molecule has 110 valence electrons. The molecule has 3 heteroatoms. The van der Waals surface area contributed by atoms with Crippen molar-refractivity contribution in [2.24, 2.45) is 5.41 Å². The van der Waals surface area contributed by atoms with Gasteiger partial charge in [-0.3, -0.25) is 0 Å². The zero-order valence-electron chi connectivity index (χ0n) is 12.8. The third-order valence-corrected chi connectivity index (χ3v) is 5.34. The minimum atomic E-state index is -0.0688. The Morgan fingerprint density at radius 2 is 1.85 bits per heavy atom. The highest BCUT2D eigenvalue weighted by atomic mass is 19.1. The van der Waals surface area contributed by atoms with E-state index >= 15 is 0 Å². The summed E-state index contributed by atoms with van der Waals surface area (Å²) in [5, 5.41) is 0. The summed E-state index contributed by atoms with van der Waals surface area (Å²) in [4.78, 5) is 4.57. The molecule has 1 aromatic rings. The molecule has 1 aromatic carbocycles. The standard InChI is InChI=1S/C17H25FN2/c1-13-4-5-16(15(18)10-13)20-8-6-17(7-9-20)11-14(12-17)19(2)3/h4-5,10,14H,6-9,11-12H2,1-3H3. The van der Waals surface area contributed by atoms with E-state index in [0.29, 0.717) is 5.41 Å². The van der Waals surface area contributed by atoms with Gasteiger partial charge in [0.15, 0.2) is 0 Å². The van der Waals surface area contributed by atoms with Gasteiger partial charge in [-0.1, -0.05) is 6.07 Å². The molecule has 0 atom stereocenters. The lowest BCUT2D eigenvalue weighted by Gasteiger charge is -2.54. The maximum Gasteiger partial charge on any atom is 0.146 e. The third kappa shape index (κ3) is 2.44. The highest BCUT2D eigenvalue weighted by Crippen LogP contribution is 2.50. The Bertz CT molecular complexity index is 482. The van der Waals surface area contributed by atoms with Crippen molar-refractivity contribution in [2.75, 3.05) is 32.1 Å². The first-order valence-corrected chi connectivity index (χ1v) is 7.67. The predicted octanol–water partition coefficient (Wildman–Crippen LogP) is 3.44. The second kappa shape index (κ2) is 5.03. The Labute approximate surface area is 121 Å². The molecule has 0 bridgehead atoms. The number of rotatable bonds is 2. The topological polar surface area (TPSA) is 6.48 Å². The molecule has 0 radical (unpaired) electrons. The Balaban J connectivity index is 1.62. The molecular formula is C17H25FN2. The van der Waals surface area contributed by atoms with E-state index in [1.165, 1.54) is 25.7 Å². The summed E-state index contributed by atoms with van der Waals surface area (Å²) in [7, 11) is 4.35. The number of piperidine rings is 1. The molecule has 3 rings (SSSR count). The number of anilines is 1. The molecule has 0 N–H and O–H groups in total. The molecule has 2 nitrogen and oxygen atoms in total. The number of aryl methyl sites for hydroxylation is 1. The van der Waals surface area contributed by atoms with E-state index in [4.69, 9.17) is 0 Å². The van der Waals surface area contributed by atoms with E-state index in [1.807, 2.05) is 19.1 Å². The number of nitrogens with zero attached hydrogens (tertiary/aromatic N) is 2. The highest BCUT2D eigenvalue weighted by Gasteiger charge is 2.46. The van der Waals surface area contributed by atoms with Gasteiger partial charge in [-0.05, 0) is 69.8 Å². The molecule has 20 heavy (non-hydrogen) atoms. The lowest BCUT2D eigenvalue weighted by atomic mass is 9.60. The Morgan fingerprint density at radius 1 is 1.20 bits per heavy atom. The van der Waals surface area contributed by atoms with Crippen LogP contribution < -0.4 is 4.90 Å². The van der Waals surface area contributed by atoms with Gasteiger partial charge in [0.1, 0.15) is 5.82 Å². The summed E-state index contributed by atoms with van der Waals surface area (Å²) in [6.07, 6.45) is 5.07. The van der Waals surface area contributed by atoms with Gasteiger partial charge in [-0.15, -0.1) is 0 Å². The highest BCUT2D eigenvalue weighted by molar-refractivity contribution is 5.49. The summed E-state index contributed by atoms with van der Waals surface area (Å²) < 4.78 is 14.0. The first-order valence-electron chi connectivity index (χ1n) is 7.67. The summed E-state index contributed by atoms with van der Waals surface area (Å²) >= 11 is 0. The largest absolute Gasteiger partial charge is 0.369 e. The van der Waals surface area contributed by atoms with Crippen LogP contribution in [0.15, 0.2) is 18.2 Å². The van der Waals surface area contributed by atoms with Gasteiger partial charge in [0.05, 0.1) is 5.69 Å². The summed E-state index contributed by atoms with van der Waals surface area (Å²) in [6, 6.07) is 6.35. The molecule has 2 fully saturated rings. The molecule has 0 unspecified atom stereocenters. The van der Waals surface area contributed by atoms with E-state index in [2.05, 4.69) is 23.9 Å². The average molecular weight is 276 g/mol. The van der Waals surface area contributed by atoms with E-state index in [-0.39, 0.29) is 5.82 Å². The summed E-state index contributed by atoms with van der Waals surface area (Å²) in [5.74, 6) is -0.0688. The van der Waals surface area contributed by atoms with Gasteiger partial charge >= 0.3 is 0 Å². The average Bonchev–Trinajstić information content (AvgIpc) is 2.36. The molecule has 1 aliphatic heterocycles. The van der Waals surface area contributed by atoms with E-state index < -0.39 is 0 Å². The molecule has 1 aliphatic carbocycles. The maximum atomic E-state index is 14.0. The number of benzene rings is 1. The van der Waals surface area contributed by atoms with Gasteiger partial charge in [-0.2, -0.15) is 0 Å². The SMILES string of the molecule is Cc1ccc(N2CCC3(CC2)CC(N(C)C)C3)c(F)c1. The van der Waals surface area contributed by atoms with Gasteiger partial charge in [-0.25, -0.2) is 4.39 Å². The van der Waals surface area contributed by atoms with Crippen molar-refractivity contribution in [1.29, 1.82) is 0 Å². The van der Waals surface area contributed by atoms with Gasteiger partial charge in [0, 0.05) is 19.1 Å². The number of halogens is 1. The fraction of sp³-hybridized carbons (Fsp3) is 0.647. The van der Waals surface area contributed by atoms with Crippen LogP contribution in [0.1, 0.15) is 31.2 Å². The molecule has 2 aliphatic rings. The zero-order chi connectivity index (χ0) is 14.3. The van der Waals surface area contributed by atoms with E-state index in [0.717, 1.165) is 30.4 Å². The first kappa shape index (κ1) is 13.9. The molecule has 1 spiro atoms. The normalized spacial score (nSPS) is 22.4. The van der Waals surface area contributed by atoms with E-state index in [1.54, 1.807) is 6.07 Å².